The fraction of sp³-hybridized carbons (Fsp3) is 0.667. The topological polar surface area (TPSA) is 167 Å². The lowest BCUT2D eigenvalue weighted by molar-refractivity contribution is -0.328. The monoisotopic (exact) mass is 554 g/mol. The van der Waals surface area contributed by atoms with Gasteiger partial charge in [-0.1, -0.05) is 19.1 Å². The SMILES string of the molecule is C/C=C1/C2CC(=O)OCCC(C)CC/C=C(\C)C(=O)OC[C@H]3O[C@@H](O[C@@H]1OC=C2C(=O)OC)[C@H](O)[C@@H](O)[C@@H]3O. The zero-order valence-electron chi connectivity index (χ0n) is 22.6. The minimum atomic E-state index is -1.69. The Bertz CT molecular complexity index is 985. The molecule has 3 heterocycles. The third-order valence-electron chi connectivity index (χ3n) is 7.10. The predicted octanol–water partition coefficient (Wildman–Crippen LogP) is 1.03. The van der Waals surface area contributed by atoms with Crippen LogP contribution in [0.4, 0.5) is 0 Å². The summed E-state index contributed by atoms with van der Waals surface area (Å²) in [4.78, 5) is 37.7. The molecule has 3 rings (SSSR count). The summed E-state index contributed by atoms with van der Waals surface area (Å²) in [6.07, 6.45) is -2.72. The van der Waals surface area contributed by atoms with E-state index in [0.29, 0.717) is 24.0 Å². The molecule has 0 saturated carbocycles. The second-order valence-corrected chi connectivity index (χ2v) is 9.91. The van der Waals surface area contributed by atoms with Gasteiger partial charge in [-0.15, -0.1) is 0 Å². The van der Waals surface area contributed by atoms with Gasteiger partial charge < -0.3 is 43.7 Å². The van der Waals surface area contributed by atoms with Gasteiger partial charge in [0, 0.05) is 17.1 Å². The summed E-state index contributed by atoms with van der Waals surface area (Å²) < 4.78 is 32.7. The fourth-order valence-electron chi connectivity index (χ4n) is 4.60. The number of ether oxygens (including phenoxy) is 6. The largest absolute Gasteiger partial charge is 0.468 e. The number of cyclic esters (lactones) is 2. The maximum atomic E-state index is 12.8. The van der Waals surface area contributed by atoms with Crippen LogP contribution in [0.5, 0.6) is 0 Å². The summed E-state index contributed by atoms with van der Waals surface area (Å²) in [5.41, 5.74) is 0.803. The lowest BCUT2D eigenvalue weighted by atomic mass is 9.86. The number of fused-ring (bicyclic) bond motifs is 4. The second kappa shape index (κ2) is 14.0. The number of hydrogen-bond donors (Lipinski definition) is 3. The van der Waals surface area contributed by atoms with Gasteiger partial charge in [-0.25, -0.2) is 9.59 Å². The third-order valence-corrected chi connectivity index (χ3v) is 7.10. The second-order valence-electron chi connectivity index (χ2n) is 9.91. The van der Waals surface area contributed by atoms with E-state index >= 15 is 0 Å². The molecule has 8 atom stereocenters. The molecule has 2 unspecified atom stereocenters. The number of esters is 3. The van der Waals surface area contributed by atoms with E-state index in [1.165, 1.54) is 7.11 Å². The molecule has 3 aliphatic rings. The number of aliphatic hydroxyl groups excluding tert-OH is 3. The molecule has 12 nitrogen and oxygen atoms in total. The zero-order chi connectivity index (χ0) is 28.7. The van der Waals surface area contributed by atoms with Gasteiger partial charge >= 0.3 is 17.9 Å². The van der Waals surface area contributed by atoms with Crippen molar-refractivity contribution in [2.24, 2.45) is 11.8 Å². The minimum absolute atomic E-state index is 0.0745. The van der Waals surface area contributed by atoms with Crippen molar-refractivity contribution in [3.63, 3.8) is 0 Å². The Morgan fingerprint density at radius 3 is 2.51 bits per heavy atom. The highest BCUT2D eigenvalue weighted by atomic mass is 16.8. The first kappa shape index (κ1) is 30.8. The number of rotatable bonds is 1. The van der Waals surface area contributed by atoms with Crippen molar-refractivity contribution in [2.75, 3.05) is 20.3 Å². The Balaban J connectivity index is 1.91. The Kier molecular flexibility index (Phi) is 11.1. The van der Waals surface area contributed by atoms with Gasteiger partial charge in [0.05, 0.1) is 32.0 Å². The van der Waals surface area contributed by atoms with Gasteiger partial charge in [-0.3, -0.25) is 4.79 Å². The lowest BCUT2D eigenvalue weighted by Crippen LogP contribution is -2.60. The summed E-state index contributed by atoms with van der Waals surface area (Å²) in [5, 5.41) is 31.4. The predicted molar refractivity (Wildman–Crippen MR) is 133 cm³/mol. The molecule has 0 amide bonds. The van der Waals surface area contributed by atoms with Crippen LogP contribution in [-0.2, 0) is 42.8 Å². The molecule has 218 valence electrons. The average Bonchev–Trinajstić information content (AvgIpc) is 2.91. The molecule has 0 aromatic rings. The van der Waals surface area contributed by atoms with Crippen LogP contribution >= 0.6 is 0 Å². The lowest BCUT2D eigenvalue weighted by Gasteiger charge is -2.42. The Morgan fingerprint density at radius 1 is 1.08 bits per heavy atom. The summed E-state index contributed by atoms with van der Waals surface area (Å²) in [7, 11) is 1.20. The number of allylic oxidation sites excluding steroid dienone is 2. The van der Waals surface area contributed by atoms with Crippen LogP contribution in [0.2, 0.25) is 0 Å². The van der Waals surface area contributed by atoms with Crippen LogP contribution < -0.4 is 0 Å². The summed E-state index contributed by atoms with van der Waals surface area (Å²) >= 11 is 0. The van der Waals surface area contributed by atoms with Crippen LogP contribution in [0.3, 0.4) is 0 Å². The Hall–Kier alpha value is -2.77. The van der Waals surface area contributed by atoms with Crippen molar-refractivity contribution in [1.82, 2.24) is 0 Å². The number of methoxy groups -OCH3 is 1. The van der Waals surface area contributed by atoms with E-state index in [2.05, 4.69) is 0 Å². The molecule has 0 aromatic carbocycles. The maximum absolute atomic E-state index is 12.8. The van der Waals surface area contributed by atoms with Crippen molar-refractivity contribution in [3.8, 4) is 0 Å². The van der Waals surface area contributed by atoms with Crippen molar-refractivity contribution in [2.45, 2.75) is 83.5 Å². The Morgan fingerprint density at radius 2 is 1.82 bits per heavy atom. The highest BCUT2D eigenvalue weighted by molar-refractivity contribution is 5.90. The van der Waals surface area contributed by atoms with E-state index in [9.17, 15) is 29.7 Å². The first-order chi connectivity index (χ1) is 18.6. The number of carbonyl (C=O) groups is 3. The molecular weight excluding hydrogens is 516 g/mol. The van der Waals surface area contributed by atoms with E-state index in [4.69, 9.17) is 28.4 Å². The number of carbonyl (C=O) groups excluding carboxylic acids is 3. The van der Waals surface area contributed by atoms with E-state index in [-0.39, 0.29) is 24.5 Å². The smallest absolute Gasteiger partial charge is 0.337 e. The molecule has 12 heteroatoms. The molecule has 1 fully saturated rings. The normalized spacial score (nSPS) is 37.8. The van der Waals surface area contributed by atoms with Crippen LogP contribution in [-0.4, -0.2) is 90.5 Å². The average molecular weight is 555 g/mol. The van der Waals surface area contributed by atoms with Gasteiger partial charge in [-0.05, 0) is 39.0 Å². The van der Waals surface area contributed by atoms with Crippen LogP contribution in [0.1, 0.15) is 46.5 Å². The van der Waals surface area contributed by atoms with E-state index in [0.717, 1.165) is 12.7 Å². The first-order valence-electron chi connectivity index (χ1n) is 13.0. The highest BCUT2D eigenvalue weighted by Gasteiger charge is 2.47. The first-order valence-corrected chi connectivity index (χ1v) is 13.0. The van der Waals surface area contributed by atoms with Crippen LogP contribution in [0, 0.1) is 11.8 Å². The van der Waals surface area contributed by atoms with Gasteiger partial charge in [-0.2, -0.15) is 0 Å². The number of hydrogen-bond acceptors (Lipinski definition) is 12. The van der Waals surface area contributed by atoms with Gasteiger partial charge in [0.1, 0.15) is 31.0 Å². The Labute approximate surface area is 227 Å². The zero-order valence-corrected chi connectivity index (χ0v) is 22.6. The summed E-state index contributed by atoms with van der Waals surface area (Å²) in [6.45, 7) is 5.04. The molecule has 0 aromatic heterocycles. The third kappa shape index (κ3) is 7.67. The fourth-order valence-corrected chi connectivity index (χ4v) is 4.60. The minimum Gasteiger partial charge on any atom is -0.468 e. The van der Waals surface area contributed by atoms with Crippen molar-refractivity contribution in [3.05, 3.63) is 35.1 Å². The van der Waals surface area contributed by atoms with Crippen molar-refractivity contribution >= 4 is 17.9 Å². The molecule has 0 radical (unpaired) electrons. The van der Waals surface area contributed by atoms with Gasteiger partial charge in [0.15, 0.2) is 6.29 Å². The van der Waals surface area contributed by atoms with Gasteiger partial charge in [0.25, 0.3) is 0 Å². The molecule has 39 heavy (non-hydrogen) atoms. The molecule has 3 N–H and O–H groups in total. The molecule has 0 spiro atoms. The molecular formula is C27H38O12. The van der Waals surface area contributed by atoms with Crippen LogP contribution in [0.15, 0.2) is 35.1 Å². The quantitative estimate of drug-likeness (QED) is 0.240. The van der Waals surface area contributed by atoms with Crippen molar-refractivity contribution < 1.29 is 58.1 Å². The van der Waals surface area contributed by atoms with E-state index < -0.39 is 67.4 Å². The van der Waals surface area contributed by atoms with Crippen LogP contribution in [0.25, 0.3) is 0 Å². The van der Waals surface area contributed by atoms with Crippen molar-refractivity contribution in [1.29, 1.82) is 0 Å². The maximum Gasteiger partial charge on any atom is 0.337 e. The van der Waals surface area contributed by atoms with E-state index in [1.54, 1.807) is 26.0 Å². The van der Waals surface area contributed by atoms with Gasteiger partial charge in [0.2, 0.25) is 6.29 Å². The van der Waals surface area contributed by atoms with E-state index in [1.807, 2.05) is 6.92 Å². The summed E-state index contributed by atoms with van der Waals surface area (Å²) in [5.74, 6) is -2.47. The molecule has 4 bridgehead atoms. The molecule has 1 saturated heterocycles. The molecule has 3 aliphatic heterocycles. The molecule has 0 aliphatic carbocycles. The standard InChI is InChI=1S/C27H38O12/c1-5-16-17-11-20(28)35-10-9-14(2)7-6-8-15(3)24(32)36-13-19-21(29)22(30)23(31)27(38-19)39-26(16)37-12-18(17)25(33)34-4/h5,8,12,14,17,19,21-23,26-27,29-31H,6-7,9-11,13H2,1-4H3/b15-8+,16-5-/t14?,17?,19-,21-,22+,23-,26+,27+/m1/s1. The summed E-state index contributed by atoms with van der Waals surface area (Å²) in [6, 6.07) is 0. The number of aliphatic hydroxyl groups is 3. The highest BCUT2D eigenvalue weighted by Crippen LogP contribution is 2.36.